The molecule has 5 nitrogen and oxygen atoms in total. The van der Waals surface area contributed by atoms with Crippen LogP contribution in [0.3, 0.4) is 0 Å². The molecule has 0 saturated carbocycles. The summed E-state index contributed by atoms with van der Waals surface area (Å²) >= 11 is 6.48. The standard InChI is InChI=1S/C24H19ClN2O3/c1-16-14-21(28)22(24(29)26-17-8-3-2-4-9-17)23(19-11-5-6-12-20(19)25)27(16)15-18-10-7-13-30-18/h2-14H,15H2,1H3,(H,26,29). The summed E-state index contributed by atoms with van der Waals surface area (Å²) in [6.07, 6.45) is 1.59. The van der Waals surface area contributed by atoms with Crippen LogP contribution in [0, 0.1) is 6.92 Å². The van der Waals surface area contributed by atoms with Crippen molar-refractivity contribution in [3.8, 4) is 11.3 Å². The van der Waals surface area contributed by atoms with E-state index in [1.54, 1.807) is 42.7 Å². The maximum Gasteiger partial charge on any atom is 0.261 e. The summed E-state index contributed by atoms with van der Waals surface area (Å²) in [5.74, 6) is 0.207. The first-order chi connectivity index (χ1) is 14.5. The van der Waals surface area contributed by atoms with Gasteiger partial charge in [0.25, 0.3) is 5.91 Å². The number of hydrogen-bond donors (Lipinski definition) is 1. The van der Waals surface area contributed by atoms with Crippen molar-refractivity contribution < 1.29 is 9.21 Å². The average molecular weight is 419 g/mol. The highest BCUT2D eigenvalue weighted by Gasteiger charge is 2.23. The number of nitrogens with one attached hydrogen (secondary N) is 1. The molecule has 4 aromatic rings. The van der Waals surface area contributed by atoms with E-state index in [0.29, 0.717) is 40.0 Å². The van der Waals surface area contributed by atoms with Crippen LogP contribution in [0.25, 0.3) is 11.3 Å². The van der Waals surface area contributed by atoms with Crippen LogP contribution in [0.1, 0.15) is 21.8 Å². The third-order valence-electron chi connectivity index (χ3n) is 4.80. The van der Waals surface area contributed by atoms with Crippen LogP contribution in [0.2, 0.25) is 5.02 Å². The number of anilines is 1. The summed E-state index contributed by atoms with van der Waals surface area (Å²) in [5.41, 5.74) is 2.02. The Hall–Kier alpha value is -3.57. The summed E-state index contributed by atoms with van der Waals surface area (Å²) in [7, 11) is 0. The first-order valence-corrected chi connectivity index (χ1v) is 9.80. The maximum absolute atomic E-state index is 13.2. The molecule has 0 atom stereocenters. The molecular formula is C24H19ClN2O3. The zero-order valence-electron chi connectivity index (χ0n) is 16.3. The summed E-state index contributed by atoms with van der Waals surface area (Å²) < 4.78 is 7.38. The van der Waals surface area contributed by atoms with Gasteiger partial charge in [-0.05, 0) is 37.3 Å². The third-order valence-corrected chi connectivity index (χ3v) is 5.13. The predicted octanol–water partition coefficient (Wildman–Crippen LogP) is 5.37. The number of halogens is 1. The molecule has 30 heavy (non-hydrogen) atoms. The van der Waals surface area contributed by atoms with Crippen LogP contribution in [-0.4, -0.2) is 10.5 Å². The van der Waals surface area contributed by atoms with Crippen LogP contribution in [0.5, 0.6) is 0 Å². The van der Waals surface area contributed by atoms with Crippen molar-refractivity contribution in [2.75, 3.05) is 5.32 Å². The fourth-order valence-electron chi connectivity index (χ4n) is 3.40. The highest BCUT2D eigenvalue weighted by Crippen LogP contribution is 2.31. The van der Waals surface area contributed by atoms with E-state index in [1.807, 2.05) is 41.8 Å². The molecule has 2 aromatic heterocycles. The molecule has 0 unspecified atom stereocenters. The number of carbonyl (C=O) groups is 1. The van der Waals surface area contributed by atoms with E-state index in [4.69, 9.17) is 16.0 Å². The molecule has 150 valence electrons. The normalized spacial score (nSPS) is 10.7. The monoisotopic (exact) mass is 418 g/mol. The number of furan rings is 1. The molecule has 2 aromatic carbocycles. The molecule has 0 bridgehead atoms. The van der Waals surface area contributed by atoms with Crippen molar-refractivity contribution in [1.82, 2.24) is 4.57 Å². The van der Waals surface area contributed by atoms with Gasteiger partial charge in [0, 0.05) is 28.0 Å². The fraction of sp³-hybridized carbons (Fsp3) is 0.0833. The molecule has 1 amide bonds. The predicted molar refractivity (Wildman–Crippen MR) is 118 cm³/mol. The number of pyridine rings is 1. The second-order valence-corrected chi connectivity index (χ2v) is 7.25. The van der Waals surface area contributed by atoms with Crippen molar-refractivity contribution in [3.63, 3.8) is 0 Å². The maximum atomic E-state index is 13.2. The molecule has 0 spiro atoms. The Balaban J connectivity index is 1.93. The molecule has 0 aliphatic rings. The van der Waals surface area contributed by atoms with Crippen LogP contribution in [0.15, 0.2) is 88.3 Å². The minimum atomic E-state index is -0.491. The van der Waals surface area contributed by atoms with Crippen LogP contribution in [-0.2, 0) is 6.54 Å². The molecule has 0 fully saturated rings. The lowest BCUT2D eigenvalue weighted by atomic mass is 10.0. The van der Waals surface area contributed by atoms with Crippen molar-refractivity contribution in [2.24, 2.45) is 0 Å². The molecule has 0 saturated heterocycles. The van der Waals surface area contributed by atoms with Gasteiger partial charge in [0.2, 0.25) is 0 Å². The Morgan fingerprint density at radius 2 is 1.77 bits per heavy atom. The number of hydrogen-bond acceptors (Lipinski definition) is 3. The van der Waals surface area contributed by atoms with E-state index in [0.717, 1.165) is 0 Å². The van der Waals surface area contributed by atoms with E-state index < -0.39 is 5.91 Å². The van der Waals surface area contributed by atoms with Gasteiger partial charge in [0.15, 0.2) is 5.43 Å². The Kier molecular flexibility index (Phi) is 5.55. The van der Waals surface area contributed by atoms with Gasteiger partial charge in [0.1, 0.15) is 11.3 Å². The zero-order valence-corrected chi connectivity index (χ0v) is 17.0. The zero-order chi connectivity index (χ0) is 21.1. The lowest BCUT2D eigenvalue weighted by Gasteiger charge is -2.20. The van der Waals surface area contributed by atoms with Crippen molar-refractivity contribution in [3.05, 3.63) is 111 Å². The summed E-state index contributed by atoms with van der Waals surface area (Å²) in [5, 5.41) is 3.26. The Morgan fingerprint density at radius 1 is 1.03 bits per heavy atom. The number of aromatic nitrogens is 1. The molecule has 2 heterocycles. The Bertz CT molecular complexity index is 1250. The lowest BCUT2D eigenvalue weighted by molar-refractivity contribution is 0.102. The first-order valence-electron chi connectivity index (χ1n) is 9.42. The smallest absolute Gasteiger partial charge is 0.261 e. The molecule has 4 rings (SSSR count). The number of benzene rings is 2. The van der Waals surface area contributed by atoms with Crippen LogP contribution < -0.4 is 10.7 Å². The second-order valence-electron chi connectivity index (χ2n) is 6.84. The van der Waals surface area contributed by atoms with Crippen LogP contribution >= 0.6 is 11.6 Å². The number of nitrogens with zero attached hydrogens (tertiary/aromatic N) is 1. The van der Waals surface area contributed by atoms with Crippen molar-refractivity contribution in [1.29, 1.82) is 0 Å². The molecule has 1 N–H and O–H groups in total. The summed E-state index contributed by atoms with van der Waals surface area (Å²) in [6.45, 7) is 2.18. The van der Waals surface area contributed by atoms with E-state index in [2.05, 4.69) is 5.32 Å². The molecule has 0 radical (unpaired) electrons. The van der Waals surface area contributed by atoms with Gasteiger partial charge < -0.3 is 14.3 Å². The largest absolute Gasteiger partial charge is 0.467 e. The topological polar surface area (TPSA) is 64.2 Å². The second kappa shape index (κ2) is 8.43. The van der Waals surface area contributed by atoms with Crippen LogP contribution in [0.4, 0.5) is 5.69 Å². The Labute approximate surface area is 178 Å². The van der Waals surface area contributed by atoms with Gasteiger partial charge in [-0.25, -0.2) is 0 Å². The van der Waals surface area contributed by atoms with E-state index >= 15 is 0 Å². The third kappa shape index (κ3) is 3.93. The highest BCUT2D eigenvalue weighted by atomic mass is 35.5. The fourth-order valence-corrected chi connectivity index (χ4v) is 3.62. The SMILES string of the molecule is Cc1cc(=O)c(C(=O)Nc2ccccc2)c(-c2ccccc2Cl)n1Cc1ccco1. The number of aryl methyl sites for hydroxylation is 1. The molecule has 0 aliphatic heterocycles. The van der Waals surface area contributed by atoms with Crippen molar-refractivity contribution in [2.45, 2.75) is 13.5 Å². The van der Waals surface area contributed by atoms with E-state index in [9.17, 15) is 9.59 Å². The first kappa shape index (κ1) is 19.7. The summed E-state index contributed by atoms with van der Waals surface area (Å²) in [4.78, 5) is 26.2. The van der Waals surface area contributed by atoms with Gasteiger partial charge in [-0.2, -0.15) is 0 Å². The number of carbonyl (C=O) groups excluding carboxylic acids is 1. The lowest BCUT2D eigenvalue weighted by Crippen LogP contribution is -2.27. The minimum Gasteiger partial charge on any atom is -0.467 e. The minimum absolute atomic E-state index is 0.0316. The molecule has 6 heteroatoms. The van der Waals surface area contributed by atoms with Gasteiger partial charge in [0.05, 0.1) is 18.5 Å². The number of para-hydroxylation sites is 1. The number of rotatable bonds is 5. The molecule has 0 aliphatic carbocycles. The van der Waals surface area contributed by atoms with Crippen molar-refractivity contribution >= 4 is 23.2 Å². The van der Waals surface area contributed by atoms with Gasteiger partial charge in [-0.15, -0.1) is 0 Å². The Morgan fingerprint density at radius 3 is 2.47 bits per heavy atom. The van der Waals surface area contributed by atoms with Gasteiger partial charge in [-0.1, -0.05) is 48.0 Å². The quantitative estimate of drug-likeness (QED) is 0.473. The van der Waals surface area contributed by atoms with Gasteiger partial charge in [-0.3, -0.25) is 9.59 Å². The number of amides is 1. The van der Waals surface area contributed by atoms with Gasteiger partial charge >= 0.3 is 0 Å². The highest BCUT2D eigenvalue weighted by molar-refractivity contribution is 6.33. The average Bonchev–Trinajstić information content (AvgIpc) is 3.24. The van der Waals surface area contributed by atoms with E-state index in [1.165, 1.54) is 6.07 Å². The summed E-state index contributed by atoms with van der Waals surface area (Å²) in [6, 6.07) is 21.3. The van der Waals surface area contributed by atoms with E-state index in [-0.39, 0.29) is 11.0 Å². The molecular weight excluding hydrogens is 400 g/mol.